The first-order valence-corrected chi connectivity index (χ1v) is 6.07. The molecule has 3 aromatic rings. The third kappa shape index (κ3) is 2.58. The summed E-state index contributed by atoms with van der Waals surface area (Å²) in [4.78, 5) is 15.9. The zero-order chi connectivity index (χ0) is 14.8. The first-order chi connectivity index (χ1) is 10.1. The lowest BCUT2D eigenvalue weighted by Gasteiger charge is -2.04. The lowest BCUT2D eigenvalue weighted by Crippen LogP contribution is -2.23. The molecule has 3 rings (SSSR count). The number of halogens is 2. The maximum atomic E-state index is 13.5. The van der Waals surface area contributed by atoms with Crippen molar-refractivity contribution in [3.8, 4) is 0 Å². The largest absolute Gasteiger partial charge is 0.348 e. The van der Waals surface area contributed by atoms with Crippen LogP contribution < -0.4 is 5.32 Å². The van der Waals surface area contributed by atoms with Crippen molar-refractivity contribution in [2.24, 2.45) is 0 Å². The molecule has 21 heavy (non-hydrogen) atoms. The summed E-state index contributed by atoms with van der Waals surface area (Å²) in [5, 5.41) is 6.55. The maximum Gasteiger partial charge on any atom is 0.290 e. The number of nitrogens with zero attached hydrogens (tertiary/aromatic N) is 2. The highest BCUT2D eigenvalue weighted by Crippen LogP contribution is 2.16. The molecule has 1 amide bonds. The second-order valence-corrected chi connectivity index (χ2v) is 4.30. The molecule has 0 atom stereocenters. The highest BCUT2D eigenvalue weighted by atomic mass is 19.1. The highest BCUT2D eigenvalue weighted by Gasteiger charge is 2.17. The number of hydrogen-bond donors (Lipinski definition) is 1. The van der Waals surface area contributed by atoms with Crippen molar-refractivity contribution >= 4 is 16.9 Å². The van der Waals surface area contributed by atoms with Crippen LogP contribution >= 0.6 is 0 Å². The fourth-order valence-electron chi connectivity index (χ4n) is 1.88. The van der Waals surface area contributed by atoms with Gasteiger partial charge in [0.05, 0.1) is 5.39 Å². The Morgan fingerprint density at radius 2 is 2.14 bits per heavy atom. The zero-order valence-corrected chi connectivity index (χ0v) is 10.6. The minimum atomic E-state index is -0.596. The van der Waals surface area contributed by atoms with Crippen molar-refractivity contribution in [3.05, 3.63) is 59.5 Å². The molecule has 2 heterocycles. The standard InChI is InChI=1S/C14H9F2N3O2/c15-9-3-4-11(16)8(6-9)7-18-14(20)12-10-2-1-5-17-13(10)19-21-12/h1-6H,7H2,(H,18,20). The van der Waals surface area contributed by atoms with Crippen LogP contribution in [0.2, 0.25) is 0 Å². The molecule has 7 heteroatoms. The van der Waals surface area contributed by atoms with E-state index in [4.69, 9.17) is 4.52 Å². The first kappa shape index (κ1) is 13.2. The Hall–Kier alpha value is -2.83. The Morgan fingerprint density at radius 1 is 1.29 bits per heavy atom. The summed E-state index contributed by atoms with van der Waals surface area (Å²) in [6.45, 7) is -0.162. The summed E-state index contributed by atoms with van der Waals surface area (Å²) in [6.07, 6.45) is 1.52. The van der Waals surface area contributed by atoms with E-state index in [1.807, 2.05) is 0 Å². The second kappa shape index (κ2) is 5.28. The maximum absolute atomic E-state index is 13.5. The summed E-state index contributed by atoms with van der Waals surface area (Å²) in [5.74, 6) is -1.76. The molecule has 0 saturated carbocycles. The van der Waals surface area contributed by atoms with Crippen LogP contribution in [-0.2, 0) is 6.54 Å². The summed E-state index contributed by atoms with van der Waals surface area (Å²) in [6, 6.07) is 6.32. The Balaban J connectivity index is 1.79. The number of carbonyl (C=O) groups excluding carboxylic acids is 1. The van der Waals surface area contributed by atoms with Crippen LogP contribution in [0, 0.1) is 11.6 Å². The normalized spacial score (nSPS) is 10.8. The fraction of sp³-hybridized carbons (Fsp3) is 0.0714. The van der Waals surface area contributed by atoms with Crippen LogP contribution in [0.4, 0.5) is 8.78 Å². The van der Waals surface area contributed by atoms with Crippen molar-refractivity contribution in [1.29, 1.82) is 0 Å². The fourth-order valence-corrected chi connectivity index (χ4v) is 1.88. The summed E-state index contributed by atoms with van der Waals surface area (Å²) >= 11 is 0. The van der Waals surface area contributed by atoms with E-state index < -0.39 is 17.5 Å². The van der Waals surface area contributed by atoms with Gasteiger partial charge in [-0.3, -0.25) is 4.79 Å². The minimum Gasteiger partial charge on any atom is -0.348 e. The molecule has 5 nitrogen and oxygen atoms in total. The number of nitrogens with one attached hydrogen (secondary N) is 1. The van der Waals surface area contributed by atoms with E-state index in [1.54, 1.807) is 12.1 Å². The van der Waals surface area contributed by atoms with Gasteiger partial charge in [-0.25, -0.2) is 13.8 Å². The van der Waals surface area contributed by atoms with E-state index in [1.165, 1.54) is 6.20 Å². The van der Waals surface area contributed by atoms with E-state index in [-0.39, 0.29) is 17.9 Å². The molecule has 0 aliphatic rings. The number of carbonyl (C=O) groups is 1. The Bertz CT molecular complexity index is 817. The van der Waals surface area contributed by atoms with Crippen molar-refractivity contribution < 1.29 is 18.1 Å². The van der Waals surface area contributed by atoms with Crippen LogP contribution in [0.3, 0.4) is 0 Å². The van der Waals surface area contributed by atoms with E-state index >= 15 is 0 Å². The molecule has 0 radical (unpaired) electrons. The molecule has 1 N–H and O–H groups in total. The van der Waals surface area contributed by atoms with Gasteiger partial charge in [-0.05, 0) is 30.3 Å². The Kier molecular flexibility index (Phi) is 3.31. The molecule has 0 spiro atoms. The number of aromatic nitrogens is 2. The number of amides is 1. The van der Waals surface area contributed by atoms with Crippen molar-refractivity contribution in [1.82, 2.24) is 15.5 Å². The monoisotopic (exact) mass is 289 g/mol. The molecule has 0 saturated heterocycles. The number of rotatable bonds is 3. The van der Waals surface area contributed by atoms with Gasteiger partial charge in [0, 0.05) is 18.3 Å². The van der Waals surface area contributed by atoms with Gasteiger partial charge in [0.25, 0.3) is 5.91 Å². The predicted molar refractivity (Wildman–Crippen MR) is 69.3 cm³/mol. The van der Waals surface area contributed by atoms with Crippen molar-refractivity contribution in [2.75, 3.05) is 0 Å². The number of hydrogen-bond acceptors (Lipinski definition) is 4. The first-order valence-electron chi connectivity index (χ1n) is 6.07. The lowest BCUT2D eigenvalue weighted by molar-refractivity contribution is 0.0916. The average molecular weight is 289 g/mol. The molecule has 2 aromatic heterocycles. The van der Waals surface area contributed by atoms with Crippen LogP contribution in [0.25, 0.3) is 11.0 Å². The quantitative estimate of drug-likeness (QED) is 0.804. The van der Waals surface area contributed by atoms with Gasteiger partial charge in [-0.1, -0.05) is 5.16 Å². The van der Waals surface area contributed by atoms with E-state index in [0.29, 0.717) is 11.0 Å². The van der Waals surface area contributed by atoms with Crippen molar-refractivity contribution in [3.63, 3.8) is 0 Å². The average Bonchev–Trinajstić information content (AvgIpc) is 2.92. The number of pyridine rings is 1. The van der Waals surface area contributed by atoms with Crippen LogP contribution in [0.1, 0.15) is 16.1 Å². The van der Waals surface area contributed by atoms with E-state index in [2.05, 4.69) is 15.5 Å². The summed E-state index contributed by atoms with van der Waals surface area (Å²) < 4.78 is 31.4. The van der Waals surface area contributed by atoms with Gasteiger partial charge < -0.3 is 9.84 Å². The van der Waals surface area contributed by atoms with E-state index in [9.17, 15) is 13.6 Å². The molecule has 0 fully saturated rings. The number of benzene rings is 1. The summed E-state index contributed by atoms with van der Waals surface area (Å²) in [5.41, 5.74) is 0.352. The molecule has 1 aromatic carbocycles. The summed E-state index contributed by atoms with van der Waals surface area (Å²) in [7, 11) is 0. The van der Waals surface area contributed by atoms with Gasteiger partial charge in [0.2, 0.25) is 11.4 Å². The molecule has 0 aliphatic carbocycles. The third-order valence-electron chi connectivity index (χ3n) is 2.91. The molecule has 106 valence electrons. The van der Waals surface area contributed by atoms with Gasteiger partial charge in [-0.15, -0.1) is 0 Å². The molecular weight excluding hydrogens is 280 g/mol. The smallest absolute Gasteiger partial charge is 0.290 e. The second-order valence-electron chi connectivity index (χ2n) is 4.30. The van der Waals surface area contributed by atoms with E-state index in [0.717, 1.165) is 18.2 Å². The number of fused-ring (bicyclic) bond motifs is 1. The van der Waals surface area contributed by atoms with Gasteiger partial charge in [-0.2, -0.15) is 0 Å². The molecule has 0 aliphatic heterocycles. The highest BCUT2D eigenvalue weighted by molar-refractivity contribution is 6.02. The Labute approximate surface area is 117 Å². The van der Waals surface area contributed by atoms with Gasteiger partial charge >= 0.3 is 0 Å². The lowest BCUT2D eigenvalue weighted by atomic mass is 10.2. The van der Waals surface area contributed by atoms with Crippen LogP contribution in [0.15, 0.2) is 41.1 Å². The molecule has 0 bridgehead atoms. The van der Waals surface area contributed by atoms with Gasteiger partial charge in [0.15, 0.2) is 0 Å². The third-order valence-corrected chi connectivity index (χ3v) is 2.91. The zero-order valence-electron chi connectivity index (χ0n) is 10.6. The Morgan fingerprint density at radius 3 is 3.00 bits per heavy atom. The van der Waals surface area contributed by atoms with Crippen LogP contribution in [0.5, 0.6) is 0 Å². The minimum absolute atomic E-state index is 0.0186. The molecule has 0 unspecified atom stereocenters. The van der Waals surface area contributed by atoms with Gasteiger partial charge in [0.1, 0.15) is 11.6 Å². The molecular formula is C14H9F2N3O2. The predicted octanol–water partition coefficient (Wildman–Crippen LogP) is 2.43. The SMILES string of the molecule is O=C(NCc1cc(F)ccc1F)c1onc2ncccc12. The topological polar surface area (TPSA) is 68.0 Å². The van der Waals surface area contributed by atoms with Crippen molar-refractivity contribution in [2.45, 2.75) is 6.54 Å². The van der Waals surface area contributed by atoms with Crippen LogP contribution in [-0.4, -0.2) is 16.0 Å².